The standard InChI is InChI=1S/C15H18N2O/c1-13-7-8-15(18-13)17-11-9-16(10-12-17)14-5-3-2-4-6-14/h2-8H,9-12H2,1H3. The smallest absolute Gasteiger partial charge is 0.195 e. The maximum Gasteiger partial charge on any atom is 0.195 e. The molecule has 0 amide bonds. The Hall–Kier alpha value is -1.90. The van der Waals surface area contributed by atoms with E-state index in [9.17, 15) is 0 Å². The first-order valence-corrected chi connectivity index (χ1v) is 6.44. The van der Waals surface area contributed by atoms with Gasteiger partial charge in [0.2, 0.25) is 0 Å². The number of furan rings is 1. The van der Waals surface area contributed by atoms with Crippen LogP contribution in [0.1, 0.15) is 5.76 Å². The van der Waals surface area contributed by atoms with Gasteiger partial charge in [-0.3, -0.25) is 0 Å². The SMILES string of the molecule is Cc1ccc(N2CCN(c3ccccc3)CC2)o1. The molecule has 0 atom stereocenters. The molecule has 3 heteroatoms. The summed E-state index contributed by atoms with van der Waals surface area (Å²) in [4.78, 5) is 4.73. The number of nitrogens with zero attached hydrogens (tertiary/aromatic N) is 2. The molecule has 1 saturated heterocycles. The van der Waals surface area contributed by atoms with Crippen LogP contribution in [0.15, 0.2) is 46.9 Å². The van der Waals surface area contributed by atoms with Crippen LogP contribution in [0.2, 0.25) is 0 Å². The molecule has 0 unspecified atom stereocenters. The lowest BCUT2D eigenvalue weighted by molar-refractivity contribution is 0.504. The van der Waals surface area contributed by atoms with Crippen molar-refractivity contribution in [2.45, 2.75) is 6.92 Å². The fourth-order valence-electron chi connectivity index (χ4n) is 2.42. The summed E-state index contributed by atoms with van der Waals surface area (Å²) in [7, 11) is 0. The number of piperazine rings is 1. The van der Waals surface area contributed by atoms with E-state index in [4.69, 9.17) is 4.42 Å². The summed E-state index contributed by atoms with van der Waals surface area (Å²) in [5, 5.41) is 0. The van der Waals surface area contributed by atoms with Crippen LogP contribution in [0.3, 0.4) is 0 Å². The third-order valence-electron chi connectivity index (χ3n) is 3.44. The predicted octanol–water partition coefficient (Wildman–Crippen LogP) is 2.91. The Morgan fingerprint density at radius 3 is 2.11 bits per heavy atom. The van der Waals surface area contributed by atoms with Gasteiger partial charge >= 0.3 is 0 Å². The summed E-state index contributed by atoms with van der Waals surface area (Å²) < 4.78 is 5.67. The molecule has 18 heavy (non-hydrogen) atoms. The van der Waals surface area contributed by atoms with Crippen LogP contribution >= 0.6 is 0 Å². The zero-order valence-electron chi connectivity index (χ0n) is 10.7. The molecule has 0 N–H and O–H groups in total. The van der Waals surface area contributed by atoms with Crippen molar-refractivity contribution < 1.29 is 4.42 Å². The number of aryl methyl sites for hydroxylation is 1. The Kier molecular flexibility index (Phi) is 2.97. The molecular formula is C15H18N2O. The molecule has 2 aromatic rings. The maximum atomic E-state index is 5.67. The van der Waals surface area contributed by atoms with E-state index in [-0.39, 0.29) is 0 Å². The van der Waals surface area contributed by atoms with Crippen LogP contribution in [0.4, 0.5) is 11.6 Å². The van der Waals surface area contributed by atoms with Crippen LogP contribution in [-0.4, -0.2) is 26.2 Å². The van der Waals surface area contributed by atoms with Gasteiger partial charge in [-0.15, -0.1) is 0 Å². The van der Waals surface area contributed by atoms with Crippen LogP contribution in [0.25, 0.3) is 0 Å². The lowest BCUT2D eigenvalue weighted by atomic mass is 10.2. The number of anilines is 2. The zero-order valence-corrected chi connectivity index (χ0v) is 10.7. The number of para-hydroxylation sites is 1. The van der Waals surface area contributed by atoms with E-state index in [1.54, 1.807) is 0 Å². The molecule has 94 valence electrons. The van der Waals surface area contributed by atoms with Gasteiger partial charge in [0, 0.05) is 37.9 Å². The minimum absolute atomic E-state index is 0.982. The third kappa shape index (κ3) is 2.21. The summed E-state index contributed by atoms with van der Waals surface area (Å²) in [6, 6.07) is 14.7. The summed E-state index contributed by atoms with van der Waals surface area (Å²) in [5.74, 6) is 1.98. The van der Waals surface area contributed by atoms with Gasteiger partial charge in [-0.2, -0.15) is 0 Å². The van der Waals surface area contributed by atoms with Crippen LogP contribution in [0, 0.1) is 6.92 Å². The van der Waals surface area contributed by atoms with E-state index < -0.39 is 0 Å². The zero-order chi connectivity index (χ0) is 12.4. The predicted molar refractivity (Wildman–Crippen MR) is 74.3 cm³/mol. The van der Waals surface area contributed by atoms with E-state index in [2.05, 4.69) is 46.2 Å². The summed E-state index contributed by atoms with van der Waals surface area (Å²) in [6.45, 7) is 6.11. The lowest BCUT2D eigenvalue weighted by Crippen LogP contribution is -2.46. The fourth-order valence-corrected chi connectivity index (χ4v) is 2.42. The van der Waals surface area contributed by atoms with E-state index in [0.29, 0.717) is 0 Å². The molecule has 3 nitrogen and oxygen atoms in total. The van der Waals surface area contributed by atoms with Gasteiger partial charge in [0.25, 0.3) is 0 Å². The van der Waals surface area contributed by atoms with Gasteiger partial charge in [0.05, 0.1) is 0 Å². The monoisotopic (exact) mass is 242 g/mol. The van der Waals surface area contributed by atoms with Crippen LogP contribution in [-0.2, 0) is 0 Å². The highest BCUT2D eigenvalue weighted by atomic mass is 16.4. The first-order chi connectivity index (χ1) is 8.83. The van der Waals surface area contributed by atoms with Gasteiger partial charge in [0.1, 0.15) is 5.76 Å². The highest BCUT2D eigenvalue weighted by Gasteiger charge is 2.18. The quantitative estimate of drug-likeness (QED) is 0.807. The number of hydrogen-bond donors (Lipinski definition) is 0. The van der Waals surface area contributed by atoms with Crippen molar-refractivity contribution in [2.75, 3.05) is 36.0 Å². The highest BCUT2D eigenvalue weighted by Crippen LogP contribution is 2.21. The van der Waals surface area contributed by atoms with Crippen molar-refractivity contribution in [3.63, 3.8) is 0 Å². The molecule has 3 rings (SSSR count). The van der Waals surface area contributed by atoms with E-state index in [1.807, 2.05) is 13.0 Å². The van der Waals surface area contributed by atoms with Crippen molar-refractivity contribution in [1.29, 1.82) is 0 Å². The number of hydrogen-bond acceptors (Lipinski definition) is 3. The lowest BCUT2D eigenvalue weighted by Gasteiger charge is -2.36. The van der Waals surface area contributed by atoms with Crippen LogP contribution in [0.5, 0.6) is 0 Å². The summed E-state index contributed by atoms with van der Waals surface area (Å²) in [6.07, 6.45) is 0. The van der Waals surface area contributed by atoms with Gasteiger partial charge in [-0.25, -0.2) is 0 Å². The topological polar surface area (TPSA) is 19.6 Å². The summed E-state index contributed by atoms with van der Waals surface area (Å²) in [5.41, 5.74) is 1.31. The average molecular weight is 242 g/mol. The van der Waals surface area contributed by atoms with Crippen molar-refractivity contribution >= 4 is 11.6 Å². The number of benzene rings is 1. The van der Waals surface area contributed by atoms with Crippen LogP contribution < -0.4 is 9.80 Å². The molecule has 0 aliphatic carbocycles. The molecule has 1 aromatic carbocycles. The third-order valence-corrected chi connectivity index (χ3v) is 3.44. The molecule has 0 spiro atoms. The second kappa shape index (κ2) is 4.77. The maximum absolute atomic E-state index is 5.67. The van der Waals surface area contributed by atoms with E-state index in [1.165, 1.54) is 5.69 Å². The molecule has 0 bridgehead atoms. The fraction of sp³-hybridized carbons (Fsp3) is 0.333. The summed E-state index contributed by atoms with van der Waals surface area (Å²) >= 11 is 0. The Morgan fingerprint density at radius 2 is 1.50 bits per heavy atom. The minimum Gasteiger partial charge on any atom is -0.446 e. The van der Waals surface area contributed by atoms with Crippen molar-refractivity contribution in [3.05, 3.63) is 48.2 Å². The van der Waals surface area contributed by atoms with Crippen molar-refractivity contribution in [2.24, 2.45) is 0 Å². The normalized spacial score (nSPS) is 16.1. The molecule has 2 heterocycles. The Bertz CT molecular complexity index is 498. The van der Waals surface area contributed by atoms with Gasteiger partial charge in [-0.05, 0) is 25.1 Å². The molecule has 1 fully saturated rings. The largest absolute Gasteiger partial charge is 0.446 e. The Morgan fingerprint density at radius 1 is 0.833 bits per heavy atom. The van der Waals surface area contributed by atoms with E-state index in [0.717, 1.165) is 37.8 Å². The second-order valence-corrected chi connectivity index (χ2v) is 4.69. The van der Waals surface area contributed by atoms with Gasteiger partial charge < -0.3 is 14.2 Å². The molecule has 1 aliphatic rings. The molecule has 0 saturated carbocycles. The van der Waals surface area contributed by atoms with Gasteiger partial charge in [-0.1, -0.05) is 18.2 Å². The molecular weight excluding hydrogens is 224 g/mol. The number of rotatable bonds is 2. The highest BCUT2D eigenvalue weighted by molar-refractivity contribution is 5.48. The Balaban J connectivity index is 1.65. The van der Waals surface area contributed by atoms with Gasteiger partial charge in [0.15, 0.2) is 5.88 Å². The van der Waals surface area contributed by atoms with E-state index >= 15 is 0 Å². The molecule has 0 radical (unpaired) electrons. The van der Waals surface area contributed by atoms with Crippen molar-refractivity contribution in [3.8, 4) is 0 Å². The second-order valence-electron chi connectivity index (χ2n) is 4.69. The first-order valence-electron chi connectivity index (χ1n) is 6.44. The average Bonchev–Trinajstić information content (AvgIpc) is 2.87. The molecule has 1 aromatic heterocycles. The first kappa shape index (κ1) is 11.2. The Labute approximate surface area is 108 Å². The van der Waals surface area contributed by atoms with Crippen molar-refractivity contribution in [1.82, 2.24) is 0 Å². The molecule has 1 aliphatic heterocycles. The minimum atomic E-state index is 0.982.